The van der Waals surface area contributed by atoms with E-state index in [2.05, 4.69) is 18.7 Å². The molecular weight excluding hydrogens is 224 g/mol. The molecule has 0 aromatic carbocycles. The smallest absolute Gasteiger partial charge is 0.0741 e. The first-order chi connectivity index (χ1) is 8.44. The molecule has 108 valence electrons. The molecule has 0 aliphatic heterocycles. The Morgan fingerprint density at radius 3 is 2.44 bits per heavy atom. The van der Waals surface area contributed by atoms with Gasteiger partial charge in [0.1, 0.15) is 0 Å². The van der Waals surface area contributed by atoms with E-state index < -0.39 is 5.60 Å². The molecule has 0 radical (unpaired) electrons. The number of nitrogens with zero attached hydrogens (tertiary/aromatic N) is 1. The molecule has 0 amide bonds. The molecule has 1 atom stereocenters. The zero-order chi connectivity index (χ0) is 13.6. The van der Waals surface area contributed by atoms with Crippen molar-refractivity contribution in [3.63, 3.8) is 0 Å². The summed E-state index contributed by atoms with van der Waals surface area (Å²) in [6.07, 6.45) is 7.17. The molecule has 1 unspecified atom stereocenters. The summed E-state index contributed by atoms with van der Waals surface area (Å²) in [7, 11) is 0. The average Bonchev–Trinajstić information content (AvgIpc) is 3.12. The van der Waals surface area contributed by atoms with Crippen LogP contribution in [0.15, 0.2) is 0 Å². The molecule has 3 N–H and O–H groups in total. The van der Waals surface area contributed by atoms with Gasteiger partial charge in [0.05, 0.1) is 5.60 Å². The van der Waals surface area contributed by atoms with Gasteiger partial charge in [-0.05, 0) is 64.5 Å². The van der Waals surface area contributed by atoms with Gasteiger partial charge >= 0.3 is 0 Å². The Morgan fingerprint density at radius 2 is 1.94 bits per heavy atom. The predicted molar refractivity (Wildman–Crippen MR) is 77.6 cm³/mol. The number of unbranched alkanes of at least 4 members (excludes halogenated alkanes) is 1. The molecule has 1 aliphatic carbocycles. The summed E-state index contributed by atoms with van der Waals surface area (Å²) in [5, 5.41) is 9.85. The van der Waals surface area contributed by atoms with Crippen molar-refractivity contribution >= 4 is 0 Å². The lowest BCUT2D eigenvalue weighted by molar-refractivity contribution is 0.0562. The first-order valence-electron chi connectivity index (χ1n) is 7.61. The van der Waals surface area contributed by atoms with Crippen molar-refractivity contribution in [3.05, 3.63) is 0 Å². The van der Waals surface area contributed by atoms with Gasteiger partial charge in [0, 0.05) is 12.6 Å². The van der Waals surface area contributed by atoms with Gasteiger partial charge in [-0.1, -0.05) is 13.8 Å². The third-order valence-corrected chi connectivity index (χ3v) is 3.91. The van der Waals surface area contributed by atoms with Crippen molar-refractivity contribution < 1.29 is 5.11 Å². The van der Waals surface area contributed by atoms with E-state index >= 15 is 0 Å². The molecule has 1 fully saturated rings. The lowest BCUT2D eigenvalue weighted by Crippen LogP contribution is -2.34. The van der Waals surface area contributed by atoms with E-state index in [0.717, 1.165) is 24.8 Å². The zero-order valence-corrected chi connectivity index (χ0v) is 12.5. The van der Waals surface area contributed by atoms with Gasteiger partial charge in [-0.25, -0.2) is 0 Å². The minimum Gasteiger partial charge on any atom is -0.389 e. The Hall–Kier alpha value is -0.120. The maximum absolute atomic E-state index is 9.85. The Bertz CT molecular complexity index is 225. The minimum atomic E-state index is -0.664. The second-order valence-corrected chi connectivity index (χ2v) is 6.61. The van der Waals surface area contributed by atoms with Crippen LogP contribution in [0, 0.1) is 5.92 Å². The fourth-order valence-corrected chi connectivity index (χ4v) is 2.26. The van der Waals surface area contributed by atoms with E-state index in [-0.39, 0.29) is 0 Å². The quantitative estimate of drug-likeness (QED) is 0.590. The largest absolute Gasteiger partial charge is 0.389 e. The molecule has 1 aliphatic rings. The number of nitrogens with two attached hydrogens (primary N) is 1. The predicted octanol–water partition coefficient (Wildman–Crippen LogP) is 2.38. The van der Waals surface area contributed by atoms with Gasteiger partial charge in [-0.15, -0.1) is 0 Å². The lowest BCUT2D eigenvalue weighted by atomic mass is 9.99. The maximum Gasteiger partial charge on any atom is 0.0741 e. The molecule has 0 aromatic heterocycles. The first kappa shape index (κ1) is 15.9. The Labute approximate surface area is 113 Å². The summed E-state index contributed by atoms with van der Waals surface area (Å²) in [5.74, 6) is 0.796. The van der Waals surface area contributed by atoms with Gasteiger partial charge in [0.25, 0.3) is 0 Å². The molecule has 18 heavy (non-hydrogen) atoms. The zero-order valence-electron chi connectivity index (χ0n) is 12.5. The minimum absolute atomic E-state index is 0.368. The number of hydrogen-bond acceptors (Lipinski definition) is 3. The molecule has 0 heterocycles. The Balaban J connectivity index is 2.14. The van der Waals surface area contributed by atoms with Crippen LogP contribution in [0.4, 0.5) is 0 Å². The van der Waals surface area contributed by atoms with Gasteiger partial charge in [-0.2, -0.15) is 0 Å². The molecule has 1 saturated carbocycles. The summed E-state index contributed by atoms with van der Waals surface area (Å²) < 4.78 is 0. The number of hydrogen-bond donors (Lipinski definition) is 2. The average molecular weight is 256 g/mol. The van der Waals surface area contributed by atoms with Crippen molar-refractivity contribution in [1.29, 1.82) is 0 Å². The highest BCUT2D eigenvalue weighted by Crippen LogP contribution is 2.28. The summed E-state index contributed by atoms with van der Waals surface area (Å²) in [5.41, 5.74) is 4.86. The summed E-state index contributed by atoms with van der Waals surface area (Å²) in [4.78, 5) is 2.65. The topological polar surface area (TPSA) is 49.5 Å². The molecule has 3 nitrogen and oxygen atoms in total. The van der Waals surface area contributed by atoms with Gasteiger partial charge < -0.3 is 15.7 Å². The van der Waals surface area contributed by atoms with Crippen LogP contribution in [0.25, 0.3) is 0 Å². The second kappa shape index (κ2) is 7.46. The van der Waals surface area contributed by atoms with E-state index in [1.165, 1.54) is 38.8 Å². The monoisotopic (exact) mass is 256 g/mol. The van der Waals surface area contributed by atoms with Crippen molar-refractivity contribution in [2.45, 2.75) is 70.9 Å². The van der Waals surface area contributed by atoms with Crippen LogP contribution < -0.4 is 5.73 Å². The highest BCUT2D eigenvalue weighted by Gasteiger charge is 2.28. The standard InChI is InChI=1S/C15H32N2O/c1-13(2)8-11-17(14-6-7-14)10-5-4-9-15(3,18)12-16/h13-14,18H,4-12,16H2,1-3H3. The highest BCUT2D eigenvalue weighted by atomic mass is 16.3. The normalized spacial score (nSPS) is 19.5. The van der Waals surface area contributed by atoms with Gasteiger partial charge in [-0.3, -0.25) is 0 Å². The SMILES string of the molecule is CC(C)CCN(CCCCC(C)(O)CN)C1CC1. The third kappa shape index (κ3) is 6.72. The summed E-state index contributed by atoms with van der Waals surface area (Å²) >= 11 is 0. The molecular formula is C15H32N2O. The first-order valence-corrected chi connectivity index (χ1v) is 7.61. The van der Waals surface area contributed by atoms with Crippen molar-refractivity contribution in [2.75, 3.05) is 19.6 Å². The van der Waals surface area contributed by atoms with Crippen LogP contribution in [0.2, 0.25) is 0 Å². The Morgan fingerprint density at radius 1 is 1.28 bits per heavy atom. The second-order valence-electron chi connectivity index (χ2n) is 6.61. The van der Waals surface area contributed by atoms with E-state index in [1.54, 1.807) is 0 Å². The van der Waals surface area contributed by atoms with Crippen LogP contribution in [0.1, 0.15) is 59.3 Å². The fourth-order valence-electron chi connectivity index (χ4n) is 2.26. The molecule has 0 aromatic rings. The van der Waals surface area contributed by atoms with Crippen LogP contribution in [0.3, 0.4) is 0 Å². The van der Waals surface area contributed by atoms with Crippen LogP contribution in [0.5, 0.6) is 0 Å². The Kier molecular flexibility index (Phi) is 6.61. The molecule has 3 heteroatoms. The van der Waals surface area contributed by atoms with Crippen LogP contribution in [-0.2, 0) is 0 Å². The molecule has 0 bridgehead atoms. The molecule has 0 saturated heterocycles. The number of rotatable bonds is 10. The van der Waals surface area contributed by atoms with Crippen LogP contribution in [-0.4, -0.2) is 41.3 Å². The van der Waals surface area contributed by atoms with E-state index in [0.29, 0.717) is 6.54 Å². The molecule has 0 spiro atoms. The van der Waals surface area contributed by atoms with Gasteiger partial charge in [0.2, 0.25) is 0 Å². The van der Waals surface area contributed by atoms with Crippen molar-refractivity contribution in [2.24, 2.45) is 11.7 Å². The fraction of sp³-hybridized carbons (Fsp3) is 1.00. The van der Waals surface area contributed by atoms with Crippen molar-refractivity contribution in [3.8, 4) is 0 Å². The summed E-state index contributed by atoms with van der Waals surface area (Å²) in [6.45, 7) is 9.23. The van der Waals surface area contributed by atoms with Crippen LogP contribution >= 0.6 is 0 Å². The van der Waals surface area contributed by atoms with Gasteiger partial charge in [0.15, 0.2) is 0 Å². The maximum atomic E-state index is 9.85. The van der Waals surface area contributed by atoms with Crippen molar-refractivity contribution in [1.82, 2.24) is 4.90 Å². The van der Waals surface area contributed by atoms with E-state index in [1.807, 2.05) is 6.92 Å². The summed E-state index contributed by atoms with van der Waals surface area (Å²) in [6, 6.07) is 0.860. The van der Waals surface area contributed by atoms with E-state index in [4.69, 9.17) is 5.73 Å². The lowest BCUT2D eigenvalue weighted by Gasteiger charge is -2.24. The highest BCUT2D eigenvalue weighted by molar-refractivity contribution is 4.84. The number of aliphatic hydroxyl groups is 1. The van der Waals surface area contributed by atoms with E-state index in [9.17, 15) is 5.11 Å². The third-order valence-electron chi connectivity index (χ3n) is 3.91. The molecule has 1 rings (SSSR count).